The molecule has 2 heterocycles. The lowest BCUT2D eigenvalue weighted by Gasteiger charge is -2.16. The van der Waals surface area contributed by atoms with Crippen molar-refractivity contribution in [2.24, 2.45) is 5.92 Å². The van der Waals surface area contributed by atoms with Gasteiger partial charge in [-0.1, -0.05) is 33.8 Å². The number of nitrogens with one attached hydrogen (secondary N) is 2. The highest BCUT2D eigenvalue weighted by Crippen LogP contribution is 2.32. The minimum absolute atomic E-state index is 0.0239. The lowest BCUT2D eigenvalue weighted by molar-refractivity contribution is 0.0748. The molecule has 3 aromatic rings. The van der Waals surface area contributed by atoms with Gasteiger partial charge in [-0.15, -0.1) is 0 Å². The molecule has 3 N–H and O–H groups in total. The number of phenols is 1. The van der Waals surface area contributed by atoms with E-state index >= 15 is 0 Å². The van der Waals surface area contributed by atoms with Gasteiger partial charge in [0, 0.05) is 37.1 Å². The number of amides is 1. The summed E-state index contributed by atoms with van der Waals surface area (Å²) in [7, 11) is 0. The molecule has 0 fully saturated rings. The van der Waals surface area contributed by atoms with Gasteiger partial charge in [0.15, 0.2) is 0 Å². The Hall–Kier alpha value is -3.06. The number of aromatic amines is 1. The topological polar surface area (TPSA) is 90.5 Å². The van der Waals surface area contributed by atoms with Crippen LogP contribution in [0.15, 0.2) is 30.3 Å². The molecule has 0 aliphatic carbocycles. The van der Waals surface area contributed by atoms with Gasteiger partial charge in [-0.05, 0) is 48.1 Å². The standard InChI is InChI=1S/C26H34N4O3/c1-16(2)5-8-23-21-12-22(25(31)13-24(21)29-28-23)26(32)30-14-18-6-7-20(11-19(18)15-30)33-10-9-27-17(3)4/h6-7,11-13,16-17,27,31H,5,8-10,14-15H2,1-4H3,(H,28,29). The largest absolute Gasteiger partial charge is 0.507 e. The zero-order chi connectivity index (χ0) is 23.5. The average molecular weight is 451 g/mol. The summed E-state index contributed by atoms with van der Waals surface area (Å²) in [6.07, 6.45) is 1.85. The summed E-state index contributed by atoms with van der Waals surface area (Å²) in [5.41, 5.74) is 4.20. The second kappa shape index (κ2) is 9.83. The molecule has 7 heteroatoms. The number of aromatic hydroxyl groups is 1. The summed E-state index contributed by atoms with van der Waals surface area (Å²) in [6, 6.07) is 9.81. The van der Waals surface area contributed by atoms with Crippen molar-refractivity contribution in [2.75, 3.05) is 13.2 Å². The number of rotatable bonds is 9. The number of nitrogens with zero attached hydrogens (tertiary/aromatic N) is 2. The van der Waals surface area contributed by atoms with Crippen LogP contribution in [-0.2, 0) is 19.5 Å². The van der Waals surface area contributed by atoms with Crippen molar-refractivity contribution in [3.05, 3.63) is 52.7 Å². The van der Waals surface area contributed by atoms with Gasteiger partial charge in [0.05, 0.1) is 16.8 Å². The molecule has 4 rings (SSSR count). The number of phenolic OH excluding ortho intramolecular Hbond substituents is 1. The maximum Gasteiger partial charge on any atom is 0.258 e. The zero-order valence-corrected chi connectivity index (χ0v) is 19.9. The van der Waals surface area contributed by atoms with E-state index in [1.807, 2.05) is 18.2 Å². The minimum Gasteiger partial charge on any atom is -0.507 e. The van der Waals surface area contributed by atoms with E-state index in [1.165, 1.54) is 0 Å². The van der Waals surface area contributed by atoms with Crippen LogP contribution in [0.5, 0.6) is 11.5 Å². The normalized spacial score (nSPS) is 13.3. The van der Waals surface area contributed by atoms with Crippen molar-refractivity contribution in [1.29, 1.82) is 0 Å². The molecule has 0 bridgehead atoms. The fourth-order valence-corrected chi connectivity index (χ4v) is 4.19. The molecule has 2 aromatic carbocycles. The molecule has 0 spiro atoms. The highest BCUT2D eigenvalue weighted by Gasteiger charge is 2.27. The van der Waals surface area contributed by atoms with Crippen molar-refractivity contribution in [3.63, 3.8) is 0 Å². The SMILES string of the molecule is CC(C)CCc1n[nH]c2cc(O)c(C(=O)N3Cc4ccc(OCCNC(C)C)cc4C3)cc12. The number of benzene rings is 2. The Kier molecular flexibility index (Phi) is 6.88. The van der Waals surface area contributed by atoms with Crippen molar-refractivity contribution in [1.82, 2.24) is 20.4 Å². The van der Waals surface area contributed by atoms with Crippen LogP contribution in [0.2, 0.25) is 0 Å². The summed E-state index contributed by atoms with van der Waals surface area (Å²) >= 11 is 0. The maximum atomic E-state index is 13.3. The van der Waals surface area contributed by atoms with Gasteiger partial charge in [0.1, 0.15) is 18.1 Å². The van der Waals surface area contributed by atoms with Crippen LogP contribution in [0.3, 0.4) is 0 Å². The van der Waals surface area contributed by atoms with E-state index < -0.39 is 0 Å². The number of carbonyl (C=O) groups is 1. The number of hydrogen-bond donors (Lipinski definition) is 3. The number of carbonyl (C=O) groups excluding carboxylic acids is 1. The summed E-state index contributed by atoms with van der Waals surface area (Å²) < 4.78 is 5.86. The van der Waals surface area contributed by atoms with Gasteiger partial charge < -0.3 is 20.1 Å². The third kappa shape index (κ3) is 5.30. The van der Waals surface area contributed by atoms with E-state index in [9.17, 15) is 9.90 Å². The van der Waals surface area contributed by atoms with Crippen molar-refractivity contribution in [3.8, 4) is 11.5 Å². The first-order valence-corrected chi connectivity index (χ1v) is 11.8. The fourth-order valence-electron chi connectivity index (χ4n) is 4.19. The summed E-state index contributed by atoms with van der Waals surface area (Å²) in [4.78, 5) is 15.1. The first kappa shape index (κ1) is 23.1. The van der Waals surface area contributed by atoms with Crippen LogP contribution in [0.1, 0.15) is 61.3 Å². The first-order valence-electron chi connectivity index (χ1n) is 11.8. The number of ether oxygens (including phenoxy) is 1. The Bertz CT molecular complexity index is 1140. The predicted octanol–water partition coefficient (Wildman–Crippen LogP) is 4.39. The van der Waals surface area contributed by atoms with Gasteiger partial charge >= 0.3 is 0 Å². The van der Waals surface area contributed by atoms with Gasteiger partial charge in [-0.2, -0.15) is 5.10 Å². The van der Waals surface area contributed by atoms with Crippen molar-refractivity contribution in [2.45, 2.75) is 59.7 Å². The second-order valence-corrected chi connectivity index (χ2v) is 9.57. The number of fused-ring (bicyclic) bond motifs is 2. The zero-order valence-electron chi connectivity index (χ0n) is 19.9. The number of hydrogen-bond acceptors (Lipinski definition) is 5. The average Bonchev–Trinajstić information content (AvgIpc) is 3.37. The molecule has 0 radical (unpaired) electrons. The molecule has 33 heavy (non-hydrogen) atoms. The quantitative estimate of drug-likeness (QED) is 0.421. The van der Waals surface area contributed by atoms with E-state index in [1.54, 1.807) is 17.0 Å². The van der Waals surface area contributed by atoms with Gasteiger partial charge in [0.2, 0.25) is 0 Å². The molecular weight excluding hydrogens is 416 g/mol. The molecule has 1 aliphatic heterocycles. The molecule has 7 nitrogen and oxygen atoms in total. The number of aromatic nitrogens is 2. The van der Waals surface area contributed by atoms with Gasteiger partial charge in [-0.3, -0.25) is 9.89 Å². The highest BCUT2D eigenvalue weighted by molar-refractivity contribution is 6.01. The Labute approximate surface area is 195 Å². The Morgan fingerprint density at radius 3 is 2.73 bits per heavy atom. The van der Waals surface area contributed by atoms with Gasteiger partial charge in [-0.25, -0.2) is 0 Å². The van der Waals surface area contributed by atoms with Crippen LogP contribution in [0, 0.1) is 5.92 Å². The summed E-state index contributed by atoms with van der Waals surface area (Å²) in [6.45, 7) is 11.0. The smallest absolute Gasteiger partial charge is 0.258 e. The van der Waals surface area contributed by atoms with E-state index in [2.05, 4.69) is 43.2 Å². The lowest BCUT2D eigenvalue weighted by atomic mass is 10.0. The molecule has 1 aliphatic rings. The number of aryl methyl sites for hydroxylation is 1. The molecule has 176 valence electrons. The Morgan fingerprint density at radius 1 is 1.18 bits per heavy atom. The van der Waals surface area contributed by atoms with E-state index in [-0.39, 0.29) is 11.7 Å². The number of H-pyrrole nitrogens is 1. The third-order valence-corrected chi connectivity index (χ3v) is 6.06. The fraction of sp³-hybridized carbons (Fsp3) is 0.462. The van der Waals surface area contributed by atoms with Crippen LogP contribution >= 0.6 is 0 Å². The Balaban J connectivity index is 1.47. The van der Waals surface area contributed by atoms with E-state index in [0.717, 1.165) is 52.9 Å². The van der Waals surface area contributed by atoms with E-state index in [4.69, 9.17) is 4.74 Å². The van der Waals surface area contributed by atoms with Crippen molar-refractivity contribution >= 4 is 16.8 Å². The highest BCUT2D eigenvalue weighted by atomic mass is 16.5. The summed E-state index contributed by atoms with van der Waals surface area (Å²) in [5, 5.41) is 22.2. The maximum absolute atomic E-state index is 13.3. The third-order valence-electron chi connectivity index (χ3n) is 6.06. The van der Waals surface area contributed by atoms with Crippen LogP contribution in [-0.4, -0.2) is 45.3 Å². The van der Waals surface area contributed by atoms with Crippen LogP contribution in [0.4, 0.5) is 0 Å². The van der Waals surface area contributed by atoms with Crippen LogP contribution < -0.4 is 10.1 Å². The predicted molar refractivity (Wildman–Crippen MR) is 130 cm³/mol. The second-order valence-electron chi connectivity index (χ2n) is 9.57. The minimum atomic E-state index is -0.176. The molecule has 0 saturated heterocycles. The van der Waals surface area contributed by atoms with Crippen molar-refractivity contribution < 1.29 is 14.6 Å². The summed E-state index contributed by atoms with van der Waals surface area (Å²) in [5.74, 6) is 1.18. The van der Waals surface area contributed by atoms with E-state index in [0.29, 0.717) is 37.2 Å². The molecule has 1 amide bonds. The monoisotopic (exact) mass is 450 g/mol. The molecule has 1 aromatic heterocycles. The molecule has 0 unspecified atom stereocenters. The lowest BCUT2D eigenvalue weighted by Crippen LogP contribution is -2.27. The first-order chi connectivity index (χ1) is 15.8. The molecular formula is C26H34N4O3. The molecule has 0 saturated carbocycles. The Morgan fingerprint density at radius 2 is 1.97 bits per heavy atom. The molecule has 0 atom stereocenters. The van der Waals surface area contributed by atoms with Gasteiger partial charge in [0.25, 0.3) is 5.91 Å². The van der Waals surface area contributed by atoms with Crippen LogP contribution in [0.25, 0.3) is 10.9 Å².